The van der Waals surface area contributed by atoms with Gasteiger partial charge in [0.2, 0.25) is 0 Å². The maximum Gasteiger partial charge on any atom is 0.264 e. The van der Waals surface area contributed by atoms with Gasteiger partial charge in [0.05, 0.1) is 0 Å². The van der Waals surface area contributed by atoms with Crippen LogP contribution in [0.1, 0.15) is 23.2 Å². The first kappa shape index (κ1) is 10.4. The Morgan fingerprint density at radius 3 is 2.69 bits per heavy atom. The van der Waals surface area contributed by atoms with Gasteiger partial charge < -0.3 is 4.98 Å². The molecule has 0 aliphatic heterocycles. The van der Waals surface area contributed by atoms with Crippen LogP contribution in [0, 0.1) is 6.92 Å². The van der Waals surface area contributed by atoms with Crippen LogP contribution >= 0.6 is 15.9 Å². The molecule has 0 amide bonds. The smallest absolute Gasteiger partial charge is 0.264 e. The maximum absolute atomic E-state index is 12.4. The molecule has 0 spiro atoms. The number of rotatable bonds is 2. The molecular formula is C8H8BrF2NO. The quantitative estimate of drug-likeness (QED) is 0.806. The van der Waals surface area contributed by atoms with Crippen molar-refractivity contribution in [2.45, 2.75) is 18.7 Å². The van der Waals surface area contributed by atoms with Gasteiger partial charge in [0.1, 0.15) is 0 Å². The Labute approximate surface area is 82.1 Å². The summed E-state index contributed by atoms with van der Waals surface area (Å²) in [6, 6.07) is 1.29. The van der Waals surface area contributed by atoms with Gasteiger partial charge in [-0.15, -0.1) is 0 Å². The van der Waals surface area contributed by atoms with E-state index in [0.29, 0.717) is 5.69 Å². The van der Waals surface area contributed by atoms with Crippen LogP contribution in [0.15, 0.2) is 10.9 Å². The van der Waals surface area contributed by atoms with Crippen molar-refractivity contribution in [2.75, 3.05) is 0 Å². The average molecular weight is 252 g/mol. The third-order valence-corrected chi connectivity index (χ3v) is 2.23. The van der Waals surface area contributed by atoms with Crippen LogP contribution < -0.4 is 5.56 Å². The standard InChI is InChI=1S/C8H8BrF2NO/c1-4-2-5(7(10)11)6(3-9)8(13)12-4/h2,7H,3H2,1H3,(H,12,13). The molecule has 0 aliphatic rings. The molecule has 0 aliphatic carbocycles. The van der Waals surface area contributed by atoms with E-state index in [1.165, 1.54) is 6.07 Å². The molecule has 1 rings (SSSR count). The van der Waals surface area contributed by atoms with Crippen molar-refractivity contribution in [1.29, 1.82) is 0 Å². The molecular weight excluding hydrogens is 244 g/mol. The van der Waals surface area contributed by atoms with Gasteiger partial charge in [0.25, 0.3) is 12.0 Å². The number of aromatic amines is 1. The first-order chi connectivity index (χ1) is 6.06. The SMILES string of the molecule is Cc1cc(C(F)F)c(CBr)c(=O)[nH]1. The van der Waals surface area contributed by atoms with Crippen molar-refractivity contribution >= 4 is 15.9 Å². The second-order valence-corrected chi connectivity index (χ2v) is 3.21. The summed E-state index contributed by atoms with van der Waals surface area (Å²) in [4.78, 5) is 13.6. The third kappa shape index (κ3) is 2.15. The lowest BCUT2D eigenvalue weighted by molar-refractivity contribution is 0.150. The number of alkyl halides is 3. The Hall–Kier alpha value is -0.710. The molecule has 0 atom stereocenters. The number of hydrogen-bond acceptors (Lipinski definition) is 1. The lowest BCUT2D eigenvalue weighted by atomic mass is 10.1. The lowest BCUT2D eigenvalue weighted by Gasteiger charge is -2.05. The summed E-state index contributed by atoms with van der Waals surface area (Å²) < 4.78 is 24.8. The van der Waals surface area contributed by atoms with E-state index < -0.39 is 12.0 Å². The number of aromatic nitrogens is 1. The molecule has 2 nitrogen and oxygen atoms in total. The molecule has 1 heterocycles. The van der Waals surface area contributed by atoms with Crippen LogP contribution in [0.5, 0.6) is 0 Å². The van der Waals surface area contributed by atoms with Gasteiger partial charge in [-0.3, -0.25) is 4.79 Å². The van der Waals surface area contributed by atoms with E-state index in [1.54, 1.807) is 6.92 Å². The monoisotopic (exact) mass is 251 g/mol. The fourth-order valence-electron chi connectivity index (χ4n) is 1.07. The second kappa shape index (κ2) is 4.00. The van der Waals surface area contributed by atoms with E-state index in [9.17, 15) is 13.6 Å². The van der Waals surface area contributed by atoms with Crippen molar-refractivity contribution in [2.24, 2.45) is 0 Å². The summed E-state index contributed by atoms with van der Waals surface area (Å²) in [5.74, 6) is 0. The molecule has 0 unspecified atom stereocenters. The molecule has 13 heavy (non-hydrogen) atoms. The highest BCUT2D eigenvalue weighted by Crippen LogP contribution is 2.22. The van der Waals surface area contributed by atoms with Crippen LogP contribution in [0.3, 0.4) is 0 Å². The Bertz CT molecular complexity index is 362. The molecule has 72 valence electrons. The van der Waals surface area contributed by atoms with E-state index in [1.807, 2.05) is 0 Å². The van der Waals surface area contributed by atoms with E-state index in [2.05, 4.69) is 20.9 Å². The van der Waals surface area contributed by atoms with Gasteiger partial charge in [-0.1, -0.05) is 15.9 Å². The summed E-state index contributed by atoms with van der Waals surface area (Å²) in [6.45, 7) is 1.57. The van der Waals surface area contributed by atoms with Crippen molar-refractivity contribution in [3.8, 4) is 0 Å². The fourth-order valence-corrected chi connectivity index (χ4v) is 1.65. The first-order valence-corrected chi connectivity index (χ1v) is 4.75. The summed E-state index contributed by atoms with van der Waals surface area (Å²) in [6.07, 6.45) is -2.60. The van der Waals surface area contributed by atoms with Gasteiger partial charge >= 0.3 is 0 Å². The van der Waals surface area contributed by atoms with Crippen LogP contribution in [0.25, 0.3) is 0 Å². The van der Waals surface area contributed by atoms with Gasteiger partial charge in [-0.05, 0) is 13.0 Å². The van der Waals surface area contributed by atoms with Crippen LogP contribution in [0.4, 0.5) is 8.78 Å². The van der Waals surface area contributed by atoms with Crippen molar-refractivity contribution in [3.05, 3.63) is 33.2 Å². The summed E-state index contributed by atoms with van der Waals surface area (Å²) in [5, 5.41) is 0.141. The van der Waals surface area contributed by atoms with Crippen LogP contribution in [-0.4, -0.2) is 4.98 Å². The normalized spacial score (nSPS) is 10.8. The Kier molecular flexibility index (Phi) is 3.19. The van der Waals surface area contributed by atoms with Gasteiger partial charge in [-0.2, -0.15) is 0 Å². The molecule has 0 radical (unpaired) electrons. The van der Waals surface area contributed by atoms with Crippen molar-refractivity contribution in [3.63, 3.8) is 0 Å². The second-order valence-electron chi connectivity index (χ2n) is 2.65. The number of hydrogen-bond donors (Lipinski definition) is 1. The first-order valence-electron chi connectivity index (χ1n) is 3.63. The zero-order valence-electron chi connectivity index (χ0n) is 6.90. The van der Waals surface area contributed by atoms with E-state index in [-0.39, 0.29) is 16.5 Å². The molecule has 1 N–H and O–H groups in total. The van der Waals surface area contributed by atoms with E-state index >= 15 is 0 Å². The molecule has 0 saturated carbocycles. The summed E-state index contributed by atoms with van der Waals surface area (Å²) in [5.41, 5.74) is -0.101. The van der Waals surface area contributed by atoms with Gasteiger partial charge in [0.15, 0.2) is 0 Å². The fraction of sp³-hybridized carbons (Fsp3) is 0.375. The third-order valence-electron chi connectivity index (χ3n) is 1.67. The predicted molar refractivity (Wildman–Crippen MR) is 49.4 cm³/mol. The number of H-pyrrole nitrogens is 1. The molecule has 0 saturated heterocycles. The minimum atomic E-state index is -2.60. The zero-order chi connectivity index (χ0) is 10.0. The van der Waals surface area contributed by atoms with Crippen molar-refractivity contribution in [1.82, 2.24) is 4.98 Å². The number of nitrogens with one attached hydrogen (secondary N) is 1. The molecule has 5 heteroatoms. The summed E-state index contributed by atoms with van der Waals surface area (Å²) >= 11 is 3.00. The molecule has 0 bridgehead atoms. The Balaban J connectivity index is 3.38. The molecule has 0 aromatic carbocycles. The molecule has 0 fully saturated rings. The maximum atomic E-state index is 12.4. The minimum absolute atomic E-state index is 0.0978. The highest BCUT2D eigenvalue weighted by molar-refractivity contribution is 9.08. The Morgan fingerprint density at radius 2 is 2.23 bits per heavy atom. The average Bonchev–Trinajstić information content (AvgIpc) is 2.02. The predicted octanol–water partition coefficient (Wildman–Crippen LogP) is 2.52. The molecule has 1 aromatic rings. The van der Waals surface area contributed by atoms with Crippen LogP contribution in [-0.2, 0) is 5.33 Å². The summed E-state index contributed by atoms with van der Waals surface area (Å²) in [7, 11) is 0. The largest absolute Gasteiger partial charge is 0.326 e. The number of pyridine rings is 1. The lowest BCUT2D eigenvalue weighted by Crippen LogP contribution is -2.15. The molecule has 1 aromatic heterocycles. The van der Waals surface area contributed by atoms with Crippen LogP contribution in [0.2, 0.25) is 0 Å². The highest BCUT2D eigenvalue weighted by Gasteiger charge is 2.15. The zero-order valence-corrected chi connectivity index (χ0v) is 8.49. The van der Waals surface area contributed by atoms with E-state index in [4.69, 9.17) is 0 Å². The minimum Gasteiger partial charge on any atom is -0.326 e. The van der Waals surface area contributed by atoms with Gasteiger partial charge in [-0.25, -0.2) is 8.78 Å². The van der Waals surface area contributed by atoms with Crippen molar-refractivity contribution < 1.29 is 8.78 Å². The van der Waals surface area contributed by atoms with Gasteiger partial charge in [0, 0.05) is 22.2 Å². The Morgan fingerprint density at radius 1 is 1.62 bits per heavy atom. The number of aryl methyl sites for hydroxylation is 1. The number of halogens is 3. The topological polar surface area (TPSA) is 32.9 Å². The highest BCUT2D eigenvalue weighted by atomic mass is 79.9. The van der Waals surface area contributed by atoms with E-state index in [0.717, 1.165) is 0 Å².